The lowest BCUT2D eigenvalue weighted by atomic mass is 9.97. The first kappa shape index (κ1) is 19.2. The summed E-state index contributed by atoms with van der Waals surface area (Å²) >= 11 is 0. The molecular formula is C17H22ClNO4. The Balaban J connectivity index is 0.00000264. The van der Waals surface area contributed by atoms with E-state index in [4.69, 9.17) is 0 Å². The van der Waals surface area contributed by atoms with Crippen LogP contribution in [0.5, 0.6) is 0 Å². The first-order valence-electron chi connectivity index (χ1n) is 7.39. The van der Waals surface area contributed by atoms with Gasteiger partial charge in [-0.15, -0.1) is 12.4 Å². The minimum Gasteiger partial charge on any atom is -0.480 e. The van der Waals surface area contributed by atoms with Crippen molar-refractivity contribution in [3.05, 3.63) is 41.5 Å². The maximum atomic E-state index is 11.5. The van der Waals surface area contributed by atoms with Crippen LogP contribution in [0.2, 0.25) is 0 Å². The number of carbonyl (C=O) groups is 2. The summed E-state index contributed by atoms with van der Waals surface area (Å²) in [6.07, 6.45) is 6.32. The molecular weight excluding hydrogens is 318 g/mol. The van der Waals surface area contributed by atoms with Gasteiger partial charge in [0.25, 0.3) is 0 Å². The summed E-state index contributed by atoms with van der Waals surface area (Å²) in [6.45, 7) is 0.521. The van der Waals surface area contributed by atoms with Crippen molar-refractivity contribution in [2.24, 2.45) is 0 Å². The van der Waals surface area contributed by atoms with E-state index in [0.717, 1.165) is 24.0 Å². The standard InChI is InChI=1S/C17H21NO4.ClH/c1-22-15(19)9-8-13-4-6-14(7-5-13)12-18-17(16(20)21)10-2-3-11-17;/h4-9,18H,2-3,10-12H2,1H3,(H,20,21);1H. The molecule has 2 N–H and O–H groups in total. The zero-order chi connectivity index (χ0) is 16.0. The first-order valence-corrected chi connectivity index (χ1v) is 7.39. The van der Waals surface area contributed by atoms with Crippen molar-refractivity contribution in [3.8, 4) is 0 Å². The highest BCUT2D eigenvalue weighted by molar-refractivity contribution is 5.86. The third-order valence-corrected chi connectivity index (χ3v) is 4.09. The molecule has 5 nitrogen and oxygen atoms in total. The van der Waals surface area contributed by atoms with Crippen LogP contribution in [-0.2, 0) is 20.9 Å². The summed E-state index contributed by atoms with van der Waals surface area (Å²) in [6, 6.07) is 7.62. The summed E-state index contributed by atoms with van der Waals surface area (Å²) in [5.74, 6) is -1.15. The van der Waals surface area contributed by atoms with Crippen molar-refractivity contribution in [2.75, 3.05) is 7.11 Å². The predicted molar refractivity (Wildman–Crippen MR) is 90.4 cm³/mol. The average molecular weight is 340 g/mol. The maximum Gasteiger partial charge on any atom is 0.330 e. The molecule has 0 bridgehead atoms. The number of hydrogen-bond donors (Lipinski definition) is 2. The molecule has 126 valence electrons. The average Bonchev–Trinajstić information content (AvgIpc) is 3.02. The molecule has 2 rings (SSSR count). The van der Waals surface area contributed by atoms with E-state index in [9.17, 15) is 14.7 Å². The highest BCUT2D eigenvalue weighted by Gasteiger charge is 2.40. The van der Waals surface area contributed by atoms with Crippen molar-refractivity contribution in [1.29, 1.82) is 0 Å². The molecule has 1 fully saturated rings. The number of hydrogen-bond acceptors (Lipinski definition) is 4. The monoisotopic (exact) mass is 339 g/mol. The fraction of sp³-hybridized carbons (Fsp3) is 0.412. The molecule has 0 heterocycles. The number of nitrogens with one attached hydrogen (secondary N) is 1. The van der Waals surface area contributed by atoms with Crippen LogP contribution in [0.1, 0.15) is 36.8 Å². The fourth-order valence-electron chi connectivity index (χ4n) is 2.69. The molecule has 0 atom stereocenters. The molecule has 1 saturated carbocycles. The molecule has 0 aliphatic heterocycles. The van der Waals surface area contributed by atoms with Gasteiger partial charge in [-0.2, -0.15) is 0 Å². The molecule has 0 amide bonds. The molecule has 0 aromatic heterocycles. The summed E-state index contributed by atoms with van der Waals surface area (Å²) in [7, 11) is 1.34. The lowest BCUT2D eigenvalue weighted by Gasteiger charge is -2.25. The quantitative estimate of drug-likeness (QED) is 0.615. The second-order valence-electron chi connectivity index (χ2n) is 5.55. The van der Waals surface area contributed by atoms with Crippen molar-refractivity contribution in [3.63, 3.8) is 0 Å². The number of carbonyl (C=O) groups excluding carboxylic acids is 1. The predicted octanol–water partition coefficient (Wildman–Crippen LogP) is 2.78. The number of benzene rings is 1. The van der Waals surface area contributed by atoms with Gasteiger partial charge in [0.15, 0.2) is 0 Å². The number of carboxylic acid groups (broad SMARTS) is 1. The molecule has 1 aliphatic carbocycles. The second-order valence-corrected chi connectivity index (χ2v) is 5.55. The van der Waals surface area contributed by atoms with Gasteiger partial charge in [-0.3, -0.25) is 10.1 Å². The summed E-state index contributed by atoms with van der Waals surface area (Å²) < 4.78 is 4.53. The van der Waals surface area contributed by atoms with Crippen molar-refractivity contribution >= 4 is 30.4 Å². The van der Waals surface area contributed by atoms with Crippen LogP contribution >= 0.6 is 12.4 Å². The number of methoxy groups -OCH3 is 1. The molecule has 23 heavy (non-hydrogen) atoms. The van der Waals surface area contributed by atoms with Crippen LogP contribution in [-0.4, -0.2) is 29.7 Å². The largest absolute Gasteiger partial charge is 0.480 e. The fourth-order valence-corrected chi connectivity index (χ4v) is 2.69. The molecule has 1 aromatic rings. The number of aliphatic carboxylic acids is 1. The molecule has 1 aromatic carbocycles. The number of esters is 1. The van der Waals surface area contributed by atoms with Gasteiger partial charge in [0.2, 0.25) is 0 Å². The Bertz CT molecular complexity index is 562. The van der Waals surface area contributed by atoms with Crippen molar-refractivity contribution in [1.82, 2.24) is 5.32 Å². The lowest BCUT2D eigenvalue weighted by molar-refractivity contribution is -0.144. The van der Waals surface area contributed by atoms with Crippen LogP contribution in [0.25, 0.3) is 6.08 Å². The number of ether oxygens (including phenoxy) is 1. The number of halogens is 1. The van der Waals surface area contributed by atoms with Crippen LogP contribution in [0, 0.1) is 0 Å². The van der Waals surface area contributed by atoms with Crippen LogP contribution in [0.15, 0.2) is 30.3 Å². The Morgan fingerprint density at radius 1 is 1.26 bits per heavy atom. The Morgan fingerprint density at radius 2 is 1.87 bits per heavy atom. The molecule has 0 spiro atoms. The maximum absolute atomic E-state index is 11.5. The second kappa shape index (κ2) is 8.70. The van der Waals surface area contributed by atoms with Gasteiger partial charge < -0.3 is 9.84 Å². The van der Waals surface area contributed by atoms with E-state index >= 15 is 0 Å². The van der Waals surface area contributed by atoms with E-state index in [1.165, 1.54) is 13.2 Å². The summed E-state index contributed by atoms with van der Waals surface area (Å²) in [4.78, 5) is 22.5. The SMILES string of the molecule is COC(=O)C=Cc1ccc(CNC2(C(=O)O)CCCC2)cc1.Cl. The van der Waals surface area contributed by atoms with E-state index < -0.39 is 17.5 Å². The minimum absolute atomic E-state index is 0. The highest BCUT2D eigenvalue weighted by Crippen LogP contribution is 2.30. The normalized spacial score (nSPS) is 16.0. The van der Waals surface area contributed by atoms with E-state index in [1.54, 1.807) is 6.08 Å². The Kier molecular flexibility index (Phi) is 7.26. The first-order chi connectivity index (χ1) is 10.6. The van der Waals surface area contributed by atoms with Gasteiger partial charge >= 0.3 is 11.9 Å². The van der Waals surface area contributed by atoms with E-state index in [1.807, 2.05) is 24.3 Å². The topological polar surface area (TPSA) is 75.6 Å². The summed E-state index contributed by atoms with van der Waals surface area (Å²) in [5.41, 5.74) is 1.13. The zero-order valence-corrected chi connectivity index (χ0v) is 13.9. The van der Waals surface area contributed by atoms with Crippen LogP contribution in [0.4, 0.5) is 0 Å². The molecule has 6 heteroatoms. The van der Waals surface area contributed by atoms with Gasteiger partial charge in [0.1, 0.15) is 5.54 Å². The van der Waals surface area contributed by atoms with Crippen molar-refractivity contribution < 1.29 is 19.4 Å². The van der Waals surface area contributed by atoms with E-state index in [0.29, 0.717) is 19.4 Å². The highest BCUT2D eigenvalue weighted by atomic mass is 35.5. The molecule has 0 saturated heterocycles. The Hall–Kier alpha value is -1.85. The number of carboxylic acids is 1. The molecule has 0 radical (unpaired) electrons. The van der Waals surface area contributed by atoms with Crippen LogP contribution < -0.4 is 5.32 Å². The minimum atomic E-state index is -0.774. The lowest BCUT2D eigenvalue weighted by Crippen LogP contribution is -2.49. The van der Waals surface area contributed by atoms with Gasteiger partial charge in [0, 0.05) is 12.6 Å². The number of rotatable bonds is 6. The molecule has 1 aliphatic rings. The molecule has 0 unspecified atom stereocenters. The third kappa shape index (κ3) is 5.08. The Morgan fingerprint density at radius 3 is 2.39 bits per heavy atom. The van der Waals surface area contributed by atoms with E-state index in [2.05, 4.69) is 10.1 Å². The van der Waals surface area contributed by atoms with Crippen molar-refractivity contribution in [2.45, 2.75) is 37.8 Å². The van der Waals surface area contributed by atoms with Crippen LogP contribution in [0.3, 0.4) is 0 Å². The summed E-state index contributed by atoms with van der Waals surface area (Å²) in [5, 5.41) is 12.6. The Labute approximate surface area is 142 Å². The van der Waals surface area contributed by atoms with Gasteiger partial charge in [0.05, 0.1) is 7.11 Å². The third-order valence-electron chi connectivity index (χ3n) is 4.09. The van der Waals surface area contributed by atoms with E-state index in [-0.39, 0.29) is 12.4 Å². The van der Waals surface area contributed by atoms with Gasteiger partial charge in [-0.05, 0) is 30.0 Å². The smallest absolute Gasteiger partial charge is 0.330 e. The van der Waals surface area contributed by atoms with Gasteiger partial charge in [-0.25, -0.2) is 4.79 Å². The van der Waals surface area contributed by atoms with Gasteiger partial charge in [-0.1, -0.05) is 37.1 Å². The zero-order valence-electron chi connectivity index (χ0n) is 13.1.